The summed E-state index contributed by atoms with van der Waals surface area (Å²) in [4.78, 5) is 22.9. The minimum atomic E-state index is -3.29. The van der Waals surface area contributed by atoms with Crippen molar-refractivity contribution in [2.24, 2.45) is 0 Å². The molecule has 0 bridgehead atoms. The molecule has 0 radical (unpaired) electrons. The molecule has 3 aromatic rings. The van der Waals surface area contributed by atoms with Crippen LogP contribution in [0.2, 0.25) is 0 Å². The molecule has 0 aliphatic rings. The number of sulfone groups is 1. The van der Waals surface area contributed by atoms with Crippen LogP contribution in [0.5, 0.6) is 0 Å². The normalized spacial score (nSPS) is 11.1. The number of aromatic nitrogens is 2. The van der Waals surface area contributed by atoms with Crippen molar-refractivity contribution in [1.29, 1.82) is 0 Å². The van der Waals surface area contributed by atoms with Gasteiger partial charge in [0, 0.05) is 36.1 Å². The highest BCUT2D eigenvalue weighted by Crippen LogP contribution is 2.22. The molecule has 2 N–H and O–H groups in total. The Balaban J connectivity index is 1.72. The summed E-state index contributed by atoms with van der Waals surface area (Å²) in [6.07, 6.45) is 1.41. The number of hydrogen-bond acceptors (Lipinski definition) is 7. The molecule has 2 aromatic carbocycles. The van der Waals surface area contributed by atoms with Crippen molar-refractivity contribution in [3.8, 4) is 0 Å². The molecule has 0 saturated heterocycles. The molecular weight excluding hydrogens is 426 g/mol. The predicted molar refractivity (Wildman–Crippen MR) is 126 cm³/mol. The van der Waals surface area contributed by atoms with Gasteiger partial charge in [0.25, 0.3) is 5.91 Å². The fourth-order valence-corrected chi connectivity index (χ4v) is 4.04. The maximum atomic E-state index is 12.4. The first-order chi connectivity index (χ1) is 15.4. The molecule has 8 nitrogen and oxygen atoms in total. The lowest BCUT2D eigenvalue weighted by atomic mass is 10.2. The summed E-state index contributed by atoms with van der Waals surface area (Å²) < 4.78 is 24.2. The van der Waals surface area contributed by atoms with Crippen molar-refractivity contribution < 1.29 is 13.2 Å². The maximum absolute atomic E-state index is 12.4. The summed E-state index contributed by atoms with van der Waals surface area (Å²) in [6, 6.07) is 15.5. The summed E-state index contributed by atoms with van der Waals surface area (Å²) >= 11 is 0. The molecule has 1 aromatic heterocycles. The Bertz CT molecular complexity index is 1180. The molecule has 0 atom stereocenters. The van der Waals surface area contributed by atoms with Gasteiger partial charge in [0.15, 0.2) is 9.84 Å². The van der Waals surface area contributed by atoms with Crippen LogP contribution in [0.15, 0.2) is 65.8 Å². The van der Waals surface area contributed by atoms with Crippen molar-refractivity contribution >= 4 is 38.8 Å². The fourth-order valence-electron chi connectivity index (χ4n) is 3.11. The highest BCUT2D eigenvalue weighted by atomic mass is 32.2. The van der Waals surface area contributed by atoms with Crippen molar-refractivity contribution in [3.05, 3.63) is 66.5 Å². The molecule has 1 heterocycles. The molecule has 0 fully saturated rings. The number of anilines is 4. The Morgan fingerprint density at radius 2 is 1.50 bits per heavy atom. The van der Waals surface area contributed by atoms with Gasteiger partial charge >= 0.3 is 0 Å². The van der Waals surface area contributed by atoms with E-state index in [1.54, 1.807) is 54.3 Å². The van der Waals surface area contributed by atoms with Gasteiger partial charge < -0.3 is 15.5 Å². The maximum Gasteiger partial charge on any atom is 0.253 e. The van der Waals surface area contributed by atoms with Crippen LogP contribution in [0.1, 0.15) is 31.1 Å². The lowest BCUT2D eigenvalue weighted by Crippen LogP contribution is -2.30. The van der Waals surface area contributed by atoms with Crippen molar-refractivity contribution in [1.82, 2.24) is 14.9 Å². The Labute approximate surface area is 188 Å². The quantitative estimate of drug-likeness (QED) is 0.499. The number of benzene rings is 2. The molecule has 3 rings (SSSR count). The second kappa shape index (κ2) is 10.2. The minimum absolute atomic E-state index is 0.00221. The van der Waals surface area contributed by atoms with Crippen molar-refractivity contribution in [3.63, 3.8) is 0 Å². The monoisotopic (exact) mass is 453 g/mol. The van der Waals surface area contributed by atoms with Crippen molar-refractivity contribution in [2.75, 3.05) is 29.5 Å². The van der Waals surface area contributed by atoms with E-state index in [9.17, 15) is 13.2 Å². The number of rotatable bonds is 9. The zero-order valence-electron chi connectivity index (χ0n) is 18.4. The third-order valence-corrected chi connectivity index (χ3v) is 6.70. The van der Waals surface area contributed by atoms with E-state index in [2.05, 4.69) is 20.6 Å². The highest BCUT2D eigenvalue weighted by Gasteiger charge is 2.13. The van der Waals surface area contributed by atoms with Gasteiger partial charge in [-0.05, 0) is 56.3 Å². The number of carbonyl (C=O) groups is 1. The van der Waals surface area contributed by atoms with Crippen LogP contribution < -0.4 is 10.6 Å². The number of amides is 1. The van der Waals surface area contributed by atoms with E-state index in [1.165, 1.54) is 6.33 Å². The molecule has 9 heteroatoms. The molecular formula is C23H27N5O3S. The van der Waals surface area contributed by atoms with Crippen LogP contribution in [0, 0.1) is 0 Å². The van der Waals surface area contributed by atoms with Crippen LogP contribution in [0.25, 0.3) is 0 Å². The molecule has 0 saturated carbocycles. The predicted octanol–water partition coefficient (Wildman–Crippen LogP) is 4.24. The van der Waals surface area contributed by atoms with Gasteiger partial charge in [-0.3, -0.25) is 4.79 Å². The Morgan fingerprint density at radius 1 is 0.875 bits per heavy atom. The summed E-state index contributed by atoms with van der Waals surface area (Å²) in [5.74, 6) is 1.11. The number of nitrogens with zero attached hydrogens (tertiary/aromatic N) is 3. The van der Waals surface area contributed by atoms with E-state index in [0.29, 0.717) is 36.0 Å². The molecule has 168 valence electrons. The third-order valence-electron chi connectivity index (χ3n) is 4.97. The Hall–Kier alpha value is -3.46. The van der Waals surface area contributed by atoms with E-state index in [-0.39, 0.29) is 16.6 Å². The SMILES string of the molecule is CCN(CC)C(=O)c1ccc(Nc2cc(Nc3cccc(S(=O)(=O)CC)c3)ncn2)cc1. The van der Waals surface area contributed by atoms with Gasteiger partial charge in [-0.15, -0.1) is 0 Å². The average Bonchev–Trinajstić information content (AvgIpc) is 2.81. The van der Waals surface area contributed by atoms with Crippen LogP contribution in [0.4, 0.5) is 23.0 Å². The van der Waals surface area contributed by atoms with E-state index in [1.807, 2.05) is 26.0 Å². The Morgan fingerprint density at radius 3 is 2.09 bits per heavy atom. The van der Waals surface area contributed by atoms with Crippen LogP contribution in [0.3, 0.4) is 0 Å². The first kappa shape index (κ1) is 23.2. The van der Waals surface area contributed by atoms with E-state index < -0.39 is 9.84 Å². The van der Waals surface area contributed by atoms with Crippen molar-refractivity contribution in [2.45, 2.75) is 25.7 Å². The van der Waals surface area contributed by atoms with Gasteiger partial charge in [0.05, 0.1) is 10.6 Å². The molecule has 0 unspecified atom stereocenters. The zero-order chi connectivity index (χ0) is 23.1. The summed E-state index contributed by atoms with van der Waals surface area (Å²) in [7, 11) is -3.29. The van der Waals surface area contributed by atoms with Gasteiger partial charge in [0.1, 0.15) is 18.0 Å². The summed E-state index contributed by atoms with van der Waals surface area (Å²) in [5, 5.41) is 6.30. The van der Waals surface area contributed by atoms with E-state index in [4.69, 9.17) is 0 Å². The number of nitrogens with one attached hydrogen (secondary N) is 2. The van der Waals surface area contributed by atoms with Crippen LogP contribution >= 0.6 is 0 Å². The lowest BCUT2D eigenvalue weighted by molar-refractivity contribution is 0.0773. The molecule has 0 aliphatic carbocycles. The third kappa shape index (κ3) is 5.61. The first-order valence-electron chi connectivity index (χ1n) is 10.4. The second-order valence-electron chi connectivity index (χ2n) is 7.02. The van der Waals surface area contributed by atoms with Gasteiger partial charge in [0.2, 0.25) is 0 Å². The van der Waals surface area contributed by atoms with Crippen LogP contribution in [-0.4, -0.2) is 48.0 Å². The summed E-state index contributed by atoms with van der Waals surface area (Å²) in [6.45, 7) is 6.86. The summed E-state index contributed by atoms with van der Waals surface area (Å²) in [5.41, 5.74) is 2.02. The largest absolute Gasteiger partial charge is 0.340 e. The van der Waals surface area contributed by atoms with Gasteiger partial charge in [-0.25, -0.2) is 18.4 Å². The van der Waals surface area contributed by atoms with E-state index >= 15 is 0 Å². The standard InChI is InChI=1S/C23H27N5O3S/c1-4-28(5-2)23(29)17-10-12-18(13-11-17)26-21-15-22(25-16-24-21)27-19-8-7-9-20(14-19)32(30,31)6-3/h7-16H,4-6H2,1-3H3,(H2,24,25,26,27). The zero-order valence-corrected chi connectivity index (χ0v) is 19.2. The topological polar surface area (TPSA) is 104 Å². The van der Waals surface area contributed by atoms with Gasteiger partial charge in [-0.2, -0.15) is 0 Å². The van der Waals surface area contributed by atoms with Crippen LogP contribution in [-0.2, 0) is 9.84 Å². The number of carbonyl (C=O) groups excluding carboxylic acids is 1. The Kier molecular flexibility index (Phi) is 7.42. The molecule has 32 heavy (non-hydrogen) atoms. The highest BCUT2D eigenvalue weighted by molar-refractivity contribution is 7.91. The first-order valence-corrected chi connectivity index (χ1v) is 12.1. The second-order valence-corrected chi connectivity index (χ2v) is 9.30. The minimum Gasteiger partial charge on any atom is -0.340 e. The van der Waals surface area contributed by atoms with E-state index in [0.717, 1.165) is 5.69 Å². The van der Waals surface area contributed by atoms with Gasteiger partial charge in [-0.1, -0.05) is 13.0 Å². The average molecular weight is 454 g/mol. The smallest absolute Gasteiger partial charge is 0.253 e. The lowest BCUT2D eigenvalue weighted by Gasteiger charge is -2.18. The molecule has 0 spiro atoms. The fraction of sp³-hybridized carbons (Fsp3) is 0.261. The molecule has 0 aliphatic heterocycles. The number of hydrogen-bond donors (Lipinski definition) is 2. The molecule has 1 amide bonds.